The number of hydrogen-bond acceptors (Lipinski definition) is 4. The van der Waals surface area contributed by atoms with E-state index < -0.39 is 11.6 Å². The molecule has 3 aliphatic rings. The Balaban J connectivity index is 1.82. The number of unbranched alkanes of at least 4 members (excludes halogenated alkanes) is 1. The molecule has 130 valence electrons. The van der Waals surface area contributed by atoms with Gasteiger partial charge < -0.3 is 14.6 Å². The largest absolute Gasteiger partial charge is 0.481 e. The summed E-state index contributed by atoms with van der Waals surface area (Å²) in [5, 5.41) is 8.79. The van der Waals surface area contributed by atoms with Crippen molar-refractivity contribution in [2.75, 3.05) is 0 Å². The summed E-state index contributed by atoms with van der Waals surface area (Å²) >= 11 is 0. The second-order valence-electron chi connectivity index (χ2n) is 7.85. The quantitative estimate of drug-likeness (QED) is 0.548. The van der Waals surface area contributed by atoms with Crippen LogP contribution in [0.25, 0.3) is 0 Å². The van der Waals surface area contributed by atoms with Gasteiger partial charge in [0.05, 0.1) is 25.0 Å². The summed E-state index contributed by atoms with van der Waals surface area (Å²) in [5.74, 6) is -0.449. The SMILES string of the molecule is CCCCC1(OC(=O)CCC(=O)O)CC2CC1(C(C)C)C1OC21. The lowest BCUT2D eigenvalue weighted by Gasteiger charge is -2.48. The number of fused-ring (bicyclic) bond motifs is 5. The third-order valence-electron chi connectivity index (χ3n) is 6.35. The summed E-state index contributed by atoms with van der Waals surface area (Å²) < 4.78 is 12.0. The molecule has 2 bridgehead atoms. The standard InChI is InChI=1S/C18H28O5/c1-4-5-8-17(23-14(21)7-6-13(19)20)9-12-10-18(17,11(2)3)16-15(12)22-16/h11-12,15-16H,4-10H2,1-3H3,(H,19,20). The lowest BCUT2D eigenvalue weighted by molar-refractivity contribution is -0.184. The molecule has 2 aliphatic carbocycles. The van der Waals surface area contributed by atoms with Gasteiger partial charge in [0.2, 0.25) is 0 Å². The molecule has 5 nitrogen and oxygen atoms in total. The molecule has 23 heavy (non-hydrogen) atoms. The molecule has 1 heterocycles. The molecule has 5 atom stereocenters. The zero-order chi connectivity index (χ0) is 16.8. The van der Waals surface area contributed by atoms with Crippen molar-refractivity contribution in [1.82, 2.24) is 0 Å². The topological polar surface area (TPSA) is 76.1 Å². The Bertz CT molecular complexity index is 502. The fourth-order valence-corrected chi connectivity index (χ4v) is 5.36. The normalized spacial score (nSPS) is 40.3. The molecule has 5 unspecified atom stereocenters. The molecule has 0 aromatic rings. The molecular formula is C18H28O5. The number of rotatable bonds is 8. The van der Waals surface area contributed by atoms with Crippen molar-refractivity contribution in [2.45, 2.75) is 83.5 Å². The van der Waals surface area contributed by atoms with Crippen molar-refractivity contribution in [2.24, 2.45) is 17.3 Å². The molecule has 1 saturated heterocycles. The van der Waals surface area contributed by atoms with Crippen LogP contribution in [0.2, 0.25) is 0 Å². The van der Waals surface area contributed by atoms with E-state index in [1.165, 1.54) is 0 Å². The van der Waals surface area contributed by atoms with Crippen molar-refractivity contribution in [1.29, 1.82) is 0 Å². The third kappa shape index (κ3) is 2.48. The van der Waals surface area contributed by atoms with Gasteiger partial charge in [0.1, 0.15) is 5.60 Å². The summed E-state index contributed by atoms with van der Waals surface area (Å²) in [5.41, 5.74) is -0.550. The average molecular weight is 324 g/mol. The Morgan fingerprint density at radius 1 is 1.30 bits per heavy atom. The van der Waals surface area contributed by atoms with Gasteiger partial charge in [-0.3, -0.25) is 9.59 Å². The maximum absolute atomic E-state index is 12.3. The zero-order valence-electron chi connectivity index (χ0n) is 14.3. The van der Waals surface area contributed by atoms with E-state index in [1.54, 1.807) is 0 Å². The molecule has 2 saturated carbocycles. The highest BCUT2D eigenvalue weighted by Crippen LogP contribution is 2.72. The molecule has 1 aliphatic heterocycles. The first-order valence-corrected chi connectivity index (χ1v) is 8.95. The number of epoxide rings is 1. The van der Waals surface area contributed by atoms with Crippen LogP contribution in [0.1, 0.15) is 65.7 Å². The summed E-state index contributed by atoms with van der Waals surface area (Å²) in [6.07, 6.45) is 5.29. The van der Waals surface area contributed by atoms with Gasteiger partial charge in [-0.25, -0.2) is 0 Å². The van der Waals surface area contributed by atoms with Crippen molar-refractivity contribution >= 4 is 11.9 Å². The minimum atomic E-state index is -0.957. The molecule has 0 aromatic carbocycles. The Morgan fingerprint density at radius 3 is 2.61 bits per heavy atom. The van der Waals surface area contributed by atoms with E-state index in [0.717, 1.165) is 32.1 Å². The van der Waals surface area contributed by atoms with E-state index in [2.05, 4.69) is 20.8 Å². The van der Waals surface area contributed by atoms with Gasteiger partial charge in [0.15, 0.2) is 0 Å². The minimum absolute atomic E-state index is 0.0446. The van der Waals surface area contributed by atoms with Crippen molar-refractivity contribution in [3.63, 3.8) is 0 Å². The van der Waals surface area contributed by atoms with Crippen LogP contribution in [0.3, 0.4) is 0 Å². The lowest BCUT2D eigenvalue weighted by Crippen LogP contribution is -2.54. The number of carbonyl (C=O) groups is 2. The Labute approximate surface area is 137 Å². The molecule has 1 N–H and O–H groups in total. The van der Waals surface area contributed by atoms with E-state index >= 15 is 0 Å². The predicted molar refractivity (Wildman–Crippen MR) is 83.9 cm³/mol. The second kappa shape index (κ2) is 5.76. The van der Waals surface area contributed by atoms with E-state index in [1.807, 2.05) is 0 Å². The molecule has 0 aromatic heterocycles. The summed E-state index contributed by atoms with van der Waals surface area (Å²) in [7, 11) is 0. The van der Waals surface area contributed by atoms with Gasteiger partial charge in [-0.1, -0.05) is 27.2 Å². The number of aliphatic carboxylic acids is 1. The summed E-state index contributed by atoms with van der Waals surface area (Å²) in [6.45, 7) is 6.56. The van der Waals surface area contributed by atoms with Gasteiger partial charge in [0, 0.05) is 5.41 Å². The van der Waals surface area contributed by atoms with Crippen LogP contribution in [-0.2, 0) is 19.1 Å². The van der Waals surface area contributed by atoms with Crippen molar-refractivity contribution in [3.8, 4) is 0 Å². The van der Waals surface area contributed by atoms with Gasteiger partial charge in [-0.15, -0.1) is 0 Å². The van der Waals surface area contributed by atoms with Crippen LogP contribution >= 0.6 is 0 Å². The van der Waals surface area contributed by atoms with Crippen LogP contribution in [0.15, 0.2) is 0 Å². The first kappa shape index (κ1) is 16.7. The number of carboxylic acids is 1. The maximum atomic E-state index is 12.3. The van der Waals surface area contributed by atoms with Gasteiger partial charge >= 0.3 is 11.9 Å². The van der Waals surface area contributed by atoms with Crippen LogP contribution in [-0.4, -0.2) is 34.9 Å². The fraction of sp³-hybridized carbons (Fsp3) is 0.889. The van der Waals surface area contributed by atoms with Gasteiger partial charge in [0.25, 0.3) is 0 Å². The second-order valence-corrected chi connectivity index (χ2v) is 7.85. The number of carbonyl (C=O) groups excluding carboxylic acids is 1. The van der Waals surface area contributed by atoms with Gasteiger partial charge in [-0.2, -0.15) is 0 Å². The third-order valence-corrected chi connectivity index (χ3v) is 6.35. The molecule has 3 fully saturated rings. The maximum Gasteiger partial charge on any atom is 0.306 e. The van der Waals surface area contributed by atoms with E-state index in [-0.39, 0.29) is 30.3 Å². The summed E-state index contributed by atoms with van der Waals surface area (Å²) in [4.78, 5) is 23.0. The molecule has 0 radical (unpaired) electrons. The molecule has 0 amide bonds. The molecular weight excluding hydrogens is 296 g/mol. The number of ether oxygens (including phenoxy) is 2. The highest BCUT2D eigenvalue weighted by Gasteiger charge is 2.79. The first-order valence-electron chi connectivity index (χ1n) is 8.95. The van der Waals surface area contributed by atoms with E-state index in [9.17, 15) is 9.59 Å². The summed E-state index contributed by atoms with van der Waals surface area (Å²) in [6, 6.07) is 0. The number of hydrogen-bond donors (Lipinski definition) is 1. The smallest absolute Gasteiger partial charge is 0.306 e. The number of esters is 1. The number of carboxylic acid groups (broad SMARTS) is 1. The van der Waals surface area contributed by atoms with Crippen molar-refractivity contribution < 1.29 is 24.2 Å². The Morgan fingerprint density at radius 2 is 2.04 bits per heavy atom. The zero-order valence-corrected chi connectivity index (χ0v) is 14.3. The highest BCUT2D eigenvalue weighted by molar-refractivity contribution is 5.77. The fourth-order valence-electron chi connectivity index (χ4n) is 5.36. The average Bonchev–Trinajstić information content (AvgIpc) is 3.15. The Hall–Kier alpha value is -1.10. The lowest BCUT2D eigenvalue weighted by atomic mass is 9.62. The minimum Gasteiger partial charge on any atom is -0.481 e. The first-order chi connectivity index (χ1) is 10.9. The van der Waals surface area contributed by atoms with E-state index in [0.29, 0.717) is 17.9 Å². The van der Waals surface area contributed by atoms with Crippen LogP contribution in [0.4, 0.5) is 0 Å². The molecule has 3 rings (SSSR count). The Kier molecular flexibility index (Phi) is 4.20. The van der Waals surface area contributed by atoms with Crippen LogP contribution < -0.4 is 0 Å². The van der Waals surface area contributed by atoms with E-state index in [4.69, 9.17) is 14.6 Å². The van der Waals surface area contributed by atoms with Crippen molar-refractivity contribution in [3.05, 3.63) is 0 Å². The highest BCUT2D eigenvalue weighted by atomic mass is 16.6. The van der Waals surface area contributed by atoms with Crippen LogP contribution in [0, 0.1) is 17.3 Å². The molecule has 0 spiro atoms. The monoisotopic (exact) mass is 324 g/mol. The predicted octanol–water partition coefficient (Wildman–Crippen LogP) is 3.16. The molecule has 5 heteroatoms. The van der Waals surface area contributed by atoms with Crippen LogP contribution in [0.5, 0.6) is 0 Å². The van der Waals surface area contributed by atoms with Gasteiger partial charge in [-0.05, 0) is 37.5 Å².